The molecule has 0 radical (unpaired) electrons. The first kappa shape index (κ1) is 13.7. The Bertz CT molecular complexity index is 666. The van der Waals surface area contributed by atoms with E-state index in [1.54, 1.807) is 0 Å². The van der Waals surface area contributed by atoms with E-state index < -0.39 is 0 Å². The summed E-state index contributed by atoms with van der Waals surface area (Å²) in [4.78, 5) is 4.63. The molecule has 2 heterocycles. The Morgan fingerprint density at radius 3 is 2.48 bits per heavy atom. The SMILES string of the molecule is CC(C)(c1ccc(I)cn1)c1nnc(C2CC2)n1C1CC1. The molecule has 2 saturated carbocycles. The summed E-state index contributed by atoms with van der Waals surface area (Å²) in [5.41, 5.74) is 0.868. The molecule has 0 bridgehead atoms. The fourth-order valence-electron chi connectivity index (χ4n) is 2.90. The van der Waals surface area contributed by atoms with Gasteiger partial charge in [-0.2, -0.15) is 0 Å². The maximum atomic E-state index is 4.63. The highest BCUT2D eigenvalue weighted by atomic mass is 127. The van der Waals surface area contributed by atoms with Gasteiger partial charge in [-0.1, -0.05) is 0 Å². The molecule has 0 N–H and O–H groups in total. The second-order valence-electron chi connectivity index (χ2n) is 6.74. The first-order valence-electron chi connectivity index (χ1n) is 7.64. The molecule has 0 spiro atoms. The topological polar surface area (TPSA) is 43.6 Å². The Kier molecular flexibility index (Phi) is 3.10. The van der Waals surface area contributed by atoms with Crippen LogP contribution >= 0.6 is 22.6 Å². The van der Waals surface area contributed by atoms with Gasteiger partial charge in [0.05, 0.1) is 11.1 Å². The van der Waals surface area contributed by atoms with Crippen LogP contribution in [0.3, 0.4) is 0 Å². The van der Waals surface area contributed by atoms with Crippen LogP contribution < -0.4 is 0 Å². The van der Waals surface area contributed by atoms with E-state index in [1.165, 1.54) is 31.5 Å². The summed E-state index contributed by atoms with van der Waals surface area (Å²) < 4.78 is 3.59. The minimum atomic E-state index is -0.201. The fourth-order valence-corrected chi connectivity index (χ4v) is 3.22. The molecule has 0 saturated heterocycles. The van der Waals surface area contributed by atoms with E-state index >= 15 is 0 Å². The van der Waals surface area contributed by atoms with Gasteiger partial charge in [-0.3, -0.25) is 4.98 Å². The first-order chi connectivity index (χ1) is 10.1. The van der Waals surface area contributed by atoms with Crippen molar-refractivity contribution in [2.24, 2.45) is 0 Å². The molecule has 2 aromatic rings. The number of nitrogens with zero attached hydrogens (tertiary/aromatic N) is 4. The second-order valence-corrected chi connectivity index (χ2v) is 7.99. The largest absolute Gasteiger partial charge is 0.311 e. The molecular weight excluding hydrogens is 375 g/mol. The molecule has 4 rings (SSSR count). The van der Waals surface area contributed by atoms with Crippen molar-refractivity contribution in [2.45, 2.75) is 56.9 Å². The molecule has 110 valence electrons. The van der Waals surface area contributed by atoms with Crippen LogP contribution in [-0.4, -0.2) is 19.7 Å². The number of pyridine rings is 1. The maximum absolute atomic E-state index is 4.63. The lowest BCUT2D eigenvalue weighted by Gasteiger charge is -2.24. The maximum Gasteiger partial charge on any atom is 0.145 e. The highest BCUT2D eigenvalue weighted by Gasteiger charge is 2.40. The van der Waals surface area contributed by atoms with E-state index in [0.717, 1.165) is 15.1 Å². The molecule has 0 unspecified atom stereocenters. The molecule has 0 aliphatic heterocycles. The zero-order valence-corrected chi connectivity index (χ0v) is 14.5. The minimum Gasteiger partial charge on any atom is -0.311 e. The van der Waals surface area contributed by atoms with Crippen molar-refractivity contribution in [1.82, 2.24) is 19.7 Å². The Labute approximate surface area is 138 Å². The van der Waals surface area contributed by atoms with Gasteiger partial charge in [-0.05, 0) is 74.3 Å². The lowest BCUT2D eigenvalue weighted by atomic mass is 9.87. The van der Waals surface area contributed by atoms with Gasteiger partial charge in [-0.25, -0.2) is 0 Å². The molecule has 4 nitrogen and oxygen atoms in total. The average Bonchev–Trinajstić information content (AvgIpc) is 3.38. The Morgan fingerprint density at radius 1 is 1.14 bits per heavy atom. The van der Waals surface area contributed by atoms with Gasteiger partial charge in [0, 0.05) is 21.7 Å². The molecular formula is C16H19IN4. The lowest BCUT2D eigenvalue weighted by molar-refractivity contribution is 0.514. The van der Waals surface area contributed by atoms with E-state index in [2.05, 4.69) is 68.3 Å². The van der Waals surface area contributed by atoms with Crippen molar-refractivity contribution in [3.05, 3.63) is 39.2 Å². The summed E-state index contributed by atoms with van der Waals surface area (Å²) in [6.07, 6.45) is 7.00. The van der Waals surface area contributed by atoms with Gasteiger partial charge in [0.1, 0.15) is 11.6 Å². The molecule has 5 heteroatoms. The third kappa shape index (κ3) is 2.39. The summed E-state index contributed by atoms with van der Waals surface area (Å²) in [6, 6.07) is 4.85. The fraction of sp³-hybridized carbons (Fsp3) is 0.562. The number of rotatable bonds is 4. The lowest BCUT2D eigenvalue weighted by Crippen LogP contribution is -2.26. The number of hydrogen-bond donors (Lipinski definition) is 0. The third-order valence-corrected chi connectivity index (χ3v) is 5.14. The van der Waals surface area contributed by atoms with Crippen molar-refractivity contribution >= 4 is 22.6 Å². The van der Waals surface area contributed by atoms with E-state index in [1.807, 2.05) is 6.20 Å². The van der Waals surface area contributed by atoms with Crippen LogP contribution in [0, 0.1) is 3.57 Å². The molecule has 2 aliphatic carbocycles. The summed E-state index contributed by atoms with van der Waals surface area (Å²) in [6.45, 7) is 4.42. The van der Waals surface area contributed by atoms with E-state index in [9.17, 15) is 0 Å². The zero-order chi connectivity index (χ0) is 14.6. The van der Waals surface area contributed by atoms with Gasteiger partial charge >= 0.3 is 0 Å². The van der Waals surface area contributed by atoms with Crippen LogP contribution in [0.4, 0.5) is 0 Å². The van der Waals surface area contributed by atoms with Crippen LogP contribution in [0.5, 0.6) is 0 Å². The molecule has 2 aliphatic rings. The molecule has 0 amide bonds. The van der Waals surface area contributed by atoms with Crippen molar-refractivity contribution < 1.29 is 0 Å². The summed E-state index contributed by atoms with van der Waals surface area (Å²) in [5, 5.41) is 9.11. The molecule has 0 aromatic carbocycles. The summed E-state index contributed by atoms with van der Waals surface area (Å²) >= 11 is 2.29. The number of aromatic nitrogens is 4. The van der Waals surface area contributed by atoms with Crippen molar-refractivity contribution in [3.8, 4) is 0 Å². The molecule has 0 atom stereocenters. The van der Waals surface area contributed by atoms with E-state index in [4.69, 9.17) is 0 Å². The quantitative estimate of drug-likeness (QED) is 0.741. The van der Waals surface area contributed by atoms with Gasteiger partial charge < -0.3 is 4.57 Å². The first-order valence-corrected chi connectivity index (χ1v) is 8.72. The smallest absolute Gasteiger partial charge is 0.145 e. The van der Waals surface area contributed by atoms with Gasteiger partial charge in [-0.15, -0.1) is 10.2 Å². The summed E-state index contributed by atoms with van der Waals surface area (Å²) in [7, 11) is 0. The van der Waals surface area contributed by atoms with Crippen LogP contribution in [0.25, 0.3) is 0 Å². The van der Waals surface area contributed by atoms with Gasteiger partial charge in [0.2, 0.25) is 0 Å². The van der Waals surface area contributed by atoms with Crippen LogP contribution in [0.1, 0.15) is 68.8 Å². The highest BCUT2D eigenvalue weighted by Crippen LogP contribution is 2.46. The monoisotopic (exact) mass is 394 g/mol. The normalized spacial score (nSPS) is 19.0. The van der Waals surface area contributed by atoms with Crippen molar-refractivity contribution in [1.29, 1.82) is 0 Å². The zero-order valence-electron chi connectivity index (χ0n) is 12.4. The van der Waals surface area contributed by atoms with E-state index in [0.29, 0.717) is 12.0 Å². The van der Waals surface area contributed by atoms with Gasteiger partial charge in [0.25, 0.3) is 0 Å². The molecule has 21 heavy (non-hydrogen) atoms. The Hall–Kier alpha value is -0.980. The predicted octanol–water partition coefficient (Wildman–Crippen LogP) is 3.82. The van der Waals surface area contributed by atoms with Crippen LogP contribution in [0.15, 0.2) is 18.3 Å². The van der Waals surface area contributed by atoms with Crippen LogP contribution in [0.2, 0.25) is 0 Å². The molecule has 2 aromatic heterocycles. The third-order valence-electron chi connectivity index (χ3n) is 4.50. The Morgan fingerprint density at radius 2 is 1.90 bits per heavy atom. The van der Waals surface area contributed by atoms with Crippen LogP contribution in [-0.2, 0) is 5.41 Å². The van der Waals surface area contributed by atoms with Gasteiger partial charge in [0.15, 0.2) is 0 Å². The minimum absolute atomic E-state index is 0.201. The standard InChI is InChI=1S/C16H19IN4/c1-16(2,13-8-5-11(17)9-18-13)15-20-19-14(10-3-4-10)21(15)12-6-7-12/h5,8-10,12H,3-4,6-7H2,1-2H3. The Balaban J connectivity index is 1.79. The van der Waals surface area contributed by atoms with Crippen molar-refractivity contribution in [3.63, 3.8) is 0 Å². The van der Waals surface area contributed by atoms with E-state index in [-0.39, 0.29) is 5.41 Å². The number of halogens is 1. The number of hydrogen-bond acceptors (Lipinski definition) is 3. The molecule has 2 fully saturated rings. The average molecular weight is 394 g/mol. The highest BCUT2D eigenvalue weighted by molar-refractivity contribution is 14.1. The predicted molar refractivity (Wildman–Crippen MR) is 89.4 cm³/mol. The second kappa shape index (κ2) is 4.76. The summed E-state index contributed by atoms with van der Waals surface area (Å²) in [5.74, 6) is 2.94. The van der Waals surface area contributed by atoms with Crippen molar-refractivity contribution in [2.75, 3.05) is 0 Å².